The molecule has 9 heteroatoms. The Morgan fingerprint density at radius 3 is 1.74 bits per heavy atom. The van der Waals surface area contributed by atoms with Crippen LogP contribution in [0.1, 0.15) is 102 Å². The average Bonchev–Trinajstić information content (AvgIpc) is 3.00. The van der Waals surface area contributed by atoms with Gasteiger partial charge in [-0.25, -0.2) is 9.78 Å². The van der Waals surface area contributed by atoms with Gasteiger partial charge in [-0.15, -0.1) is 0 Å². The van der Waals surface area contributed by atoms with Crippen molar-refractivity contribution in [2.45, 2.75) is 86.1 Å². The first kappa shape index (κ1) is 36.8. The number of pyridine rings is 1. The van der Waals surface area contributed by atoms with Crippen molar-refractivity contribution in [2.75, 3.05) is 13.9 Å². The molecular formula is C38H48N2O7. The van der Waals surface area contributed by atoms with Crippen LogP contribution in [0.4, 0.5) is 0 Å². The van der Waals surface area contributed by atoms with Gasteiger partial charge < -0.3 is 24.3 Å². The van der Waals surface area contributed by atoms with Crippen LogP contribution in [0, 0.1) is 5.92 Å². The summed E-state index contributed by atoms with van der Waals surface area (Å²) in [5.74, 6) is -1.61. The van der Waals surface area contributed by atoms with E-state index in [9.17, 15) is 14.4 Å². The Hall–Kier alpha value is -4.66. The summed E-state index contributed by atoms with van der Waals surface area (Å²) >= 11 is 0. The number of allylic oxidation sites excluding steroid dienone is 1. The molecule has 9 nitrogen and oxygen atoms in total. The molecule has 0 bridgehead atoms. The molecule has 2 aromatic carbocycles. The Morgan fingerprint density at radius 2 is 1.30 bits per heavy atom. The van der Waals surface area contributed by atoms with Gasteiger partial charge in [0.1, 0.15) is 11.8 Å². The molecule has 0 aliphatic rings. The van der Waals surface area contributed by atoms with E-state index in [4.69, 9.17) is 18.9 Å². The minimum absolute atomic E-state index is 0.0209. The minimum atomic E-state index is -1.05. The summed E-state index contributed by atoms with van der Waals surface area (Å²) in [4.78, 5) is 42.7. The Labute approximate surface area is 278 Å². The minimum Gasteiger partial charge on any atom is -0.493 e. The highest BCUT2D eigenvalue weighted by atomic mass is 16.7. The van der Waals surface area contributed by atoms with Crippen molar-refractivity contribution in [1.82, 2.24) is 10.3 Å². The van der Waals surface area contributed by atoms with Crippen LogP contribution < -0.4 is 14.8 Å². The molecule has 3 aromatic rings. The molecule has 3 rings (SSSR count). The van der Waals surface area contributed by atoms with Gasteiger partial charge in [0.25, 0.3) is 5.91 Å². The fraction of sp³-hybridized carbons (Fsp3) is 0.421. The SMILES string of the molecule is COc1ccnc(C(=O)N[C@@H](C)C(=O)OC(C)=C(c2ccc(C(C)(C)C)cc2)c2ccc(C(C)(C)C)cc2)c1OCOC(=O)C(C)C. The van der Waals surface area contributed by atoms with Crippen LogP contribution in [0.3, 0.4) is 0 Å². The highest BCUT2D eigenvalue weighted by Crippen LogP contribution is 2.33. The van der Waals surface area contributed by atoms with E-state index in [1.54, 1.807) is 20.8 Å². The Bertz CT molecular complexity index is 1530. The zero-order valence-corrected chi connectivity index (χ0v) is 29.4. The number of esters is 2. The fourth-order valence-electron chi connectivity index (χ4n) is 4.67. The standard InChI is InChI=1S/C38H48N2O7/c1-23(2)35(42)46-22-45-33-30(44-11)20-21-39-32(33)34(41)40-24(3)36(43)47-25(4)31(26-12-16-28(17-13-26)37(5,6)7)27-14-18-29(19-15-27)38(8,9)10/h12-21,23-24H,22H2,1-11H3,(H,40,41)/t24-/m0/s1. The van der Waals surface area contributed by atoms with Gasteiger partial charge in [-0.1, -0.05) is 104 Å². The smallest absolute Gasteiger partial charge is 0.333 e. The maximum absolute atomic E-state index is 13.4. The van der Waals surface area contributed by atoms with Gasteiger partial charge >= 0.3 is 11.9 Å². The maximum Gasteiger partial charge on any atom is 0.333 e. The van der Waals surface area contributed by atoms with Crippen molar-refractivity contribution < 1.29 is 33.3 Å². The number of aromatic nitrogens is 1. The summed E-state index contributed by atoms with van der Waals surface area (Å²) in [5.41, 5.74) is 4.73. The van der Waals surface area contributed by atoms with Crippen molar-refractivity contribution in [3.05, 3.63) is 94.5 Å². The number of amides is 1. The lowest BCUT2D eigenvalue weighted by Gasteiger charge is -2.22. The van der Waals surface area contributed by atoms with Gasteiger partial charge in [0.15, 0.2) is 17.2 Å². The largest absolute Gasteiger partial charge is 0.493 e. The fourth-order valence-corrected chi connectivity index (χ4v) is 4.67. The molecule has 1 atom stereocenters. The number of nitrogens with one attached hydrogen (secondary N) is 1. The number of methoxy groups -OCH3 is 1. The van der Waals surface area contributed by atoms with E-state index in [1.807, 2.05) is 24.3 Å². The van der Waals surface area contributed by atoms with Crippen LogP contribution >= 0.6 is 0 Å². The van der Waals surface area contributed by atoms with Crippen molar-refractivity contribution in [3.63, 3.8) is 0 Å². The highest BCUT2D eigenvalue weighted by molar-refractivity contribution is 5.98. The molecule has 0 saturated carbocycles. The van der Waals surface area contributed by atoms with Crippen molar-refractivity contribution in [3.8, 4) is 11.5 Å². The molecule has 0 radical (unpaired) electrons. The number of rotatable bonds is 11. The van der Waals surface area contributed by atoms with Crippen LogP contribution in [0.2, 0.25) is 0 Å². The van der Waals surface area contributed by atoms with Gasteiger partial charge in [-0.3, -0.25) is 9.59 Å². The number of hydrogen-bond donors (Lipinski definition) is 1. The van der Waals surface area contributed by atoms with Gasteiger partial charge in [0.05, 0.1) is 13.0 Å². The summed E-state index contributed by atoms with van der Waals surface area (Å²) in [6, 6.07) is 16.9. The van der Waals surface area contributed by atoms with Crippen LogP contribution in [-0.2, 0) is 29.9 Å². The van der Waals surface area contributed by atoms with E-state index < -0.39 is 30.7 Å². The van der Waals surface area contributed by atoms with Gasteiger partial charge in [0.2, 0.25) is 6.79 Å². The summed E-state index contributed by atoms with van der Waals surface area (Å²) < 4.78 is 21.9. The predicted octanol–water partition coefficient (Wildman–Crippen LogP) is 7.36. The molecule has 0 saturated heterocycles. The van der Waals surface area contributed by atoms with Crippen LogP contribution in [0.15, 0.2) is 66.6 Å². The van der Waals surface area contributed by atoms with Gasteiger partial charge in [-0.05, 0) is 46.9 Å². The van der Waals surface area contributed by atoms with Crippen molar-refractivity contribution in [1.29, 1.82) is 0 Å². The first-order chi connectivity index (χ1) is 21.9. The molecule has 1 aromatic heterocycles. The average molecular weight is 645 g/mol. The first-order valence-electron chi connectivity index (χ1n) is 15.7. The summed E-state index contributed by atoms with van der Waals surface area (Å²) in [6.45, 7) is 19.1. The first-order valence-corrected chi connectivity index (χ1v) is 15.7. The molecule has 0 aliphatic carbocycles. The second kappa shape index (κ2) is 15.3. The van der Waals surface area contributed by atoms with E-state index in [1.165, 1.54) is 37.4 Å². The third-order valence-electron chi connectivity index (χ3n) is 7.57. The lowest BCUT2D eigenvalue weighted by atomic mass is 9.84. The van der Waals surface area contributed by atoms with Crippen LogP contribution in [-0.4, -0.2) is 42.8 Å². The van der Waals surface area contributed by atoms with Crippen molar-refractivity contribution >= 4 is 23.4 Å². The summed E-state index contributed by atoms with van der Waals surface area (Å²) in [6.07, 6.45) is 1.37. The summed E-state index contributed by atoms with van der Waals surface area (Å²) in [5, 5.41) is 2.64. The highest BCUT2D eigenvalue weighted by Gasteiger charge is 2.26. The number of nitrogens with zero attached hydrogens (tertiary/aromatic N) is 1. The molecule has 0 spiro atoms. The second-order valence-corrected chi connectivity index (χ2v) is 13.8. The maximum atomic E-state index is 13.4. The van der Waals surface area contributed by atoms with Crippen LogP contribution in [0.25, 0.3) is 5.57 Å². The number of ether oxygens (including phenoxy) is 4. The van der Waals surface area contributed by atoms with E-state index in [-0.39, 0.29) is 33.9 Å². The van der Waals surface area contributed by atoms with E-state index >= 15 is 0 Å². The summed E-state index contributed by atoms with van der Waals surface area (Å²) in [7, 11) is 1.41. The van der Waals surface area contributed by atoms with Crippen LogP contribution in [0.5, 0.6) is 11.5 Å². The molecule has 0 aliphatic heterocycles. The quantitative estimate of drug-likeness (QED) is 0.131. The molecule has 252 valence electrons. The molecule has 1 heterocycles. The Morgan fingerprint density at radius 1 is 0.787 bits per heavy atom. The zero-order chi connectivity index (χ0) is 35.1. The van der Waals surface area contributed by atoms with E-state index in [0.29, 0.717) is 5.76 Å². The van der Waals surface area contributed by atoms with Crippen molar-refractivity contribution in [2.24, 2.45) is 5.92 Å². The Kier molecular flexibility index (Phi) is 12.0. The lowest BCUT2D eigenvalue weighted by molar-refractivity contribution is -0.154. The Balaban J connectivity index is 1.88. The normalized spacial score (nSPS) is 12.2. The lowest BCUT2D eigenvalue weighted by Crippen LogP contribution is -2.40. The molecular weight excluding hydrogens is 596 g/mol. The molecule has 0 fully saturated rings. The topological polar surface area (TPSA) is 113 Å². The van der Waals surface area contributed by atoms with E-state index in [0.717, 1.165) is 16.7 Å². The van der Waals surface area contributed by atoms with E-state index in [2.05, 4.69) is 76.1 Å². The molecule has 47 heavy (non-hydrogen) atoms. The molecule has 1 amide bonds. The predicted molar refractivity (Wildman–Crippen MR) is 182 cm³/mol. The third-order valence-corrected chi connectivity index (χ3v) is 7.57. The number of carbonyl (C=O) groups is 3. The molecule has 0 unspecified atom stereocenters. The van der Waals surface area contributed by atoms with Gasteiger partial charge in [0, 0.05) is 17.8 Å². The number of benzene rings is 2. The second-order valence-electron chi connectivity index (χ2n) is 13.8. The number of carbonyl (C=O) groups excluding carboxylic acids is 3. The zero-order valence-electron chi connectivity index (χ0n) is 29.4. The monoisotopic (exact) mass is 644 g/mol. The third kappa shape index (κ3) is 9.67. The number of hydrogen-bond acceptors (Lipinski definition) is 8. The van der Waals surface area contributed by atoms with Gasteiger partial charge in [-0.2, -0.15) is 0 Å². The molecule has 1 N–H and O–H groups in total.